The van der Waals surface area contributed by atoms with Crippen molar-refractivity contribution in [1.29, 1.82) is 0 Å². The molecular weight excluding hydrogens is 258 g/mol. The number of phenolic OH excluding ortho intramolecular Hbond substituents is 2. The normalized spacial score (nSPS) is 10.9. The number of pyridine rings is 1. The summed E-state index contributed by atoms with van der Waals surface area (Å²) in [6, 6.07) is 4.90. The third-order valence-electron chi connectivity index (χ3n) is 3.22. The SMILES string of the molecule is COc1cc(-c2nc3ccncc3n2C)cc(O)c1O. The zero-order valence-electron chi connectivity index (χ0n) is 11.0. The molecule has 2 N–H and O–H groups in total. The second-order valence-electron chi connectivity index (χ2n) is 4.41. The van der Waals surface area contributed by atoms with Crippen LogP contribution in [0.25, 0.3) is 22.4 Å². The molecule has 0 aliphatic carbocycles. The van der Waals surface area contributed by atoms with E-state index in [-0.39, 0.29) is 17.2 Å². The van der Waals surface area contributed by atoms with Crippen molar-refractivity contribution in [2.45, 2.75) is 0 Å². The van der Waals surface area contributed by atoms with E-state index in [0.29, 0.717) is 11.4 Å². The number of ether oxygens (including phenoxy) is 1. The summed E-state index contributed by atoms with van der Waals surface area (Å²) in [6.45, 7) is 0. The summed E-state index contributed by atoms with van der Waals surface area (Å²) in [6.07, 6.45) is 3.40. The number of rotatable bonds is 2. The first-order valence-electron chi connectivity index (χ1n) is 5.98. The number of nitrogens with zero attached hydrogens (tertiary/aromatic N) is 3. The van der Waals surface area contributed by atoms with Crippen molar-refractivity contribution in [3.05, 3.63) is 30.6 Å². The lowest BCUT2D eigenvalue weighted by atomic mass is 10.1. The number of aromatic hydroxyl groups is 2. The molecule has 0 aliphatic rings. The van der Waals surface area contributed by atoms with Crippen molar-refractivity contribution in [2.75, 3.05) is 7.11 Å². The van der Waals surface area contributed by atoms with E-state index in [1.807, 2.05) is 17.7 Å². The number of aromatic nitrogens is 3. The highest BCUT2D eigenvalue weighted by Crippen LogP contribution is 2.39. The molecule has 0 aliphatic heterocycles. The molecule has 6 heteroatoms. The van der Waals surface area contributed by atoms with Gasteiger partial charge < -0.3 is 19.5 Å². The van der Waals surface area contributed by atoms with Gasteiger partial charge in [-0.25, -0.2) is 4.98 Å². The molecular formula is C14H13N3O3. The summed E-state index contributed by atoms with van der Waals surface area (Å²) in [7, 11) is 3.29. The average Bonchev–Trinajstić information content (AvgIpc) is 2.79. The van der Waals surface area contributed by atoms with Crippen LogP contribution in [-0.4, -0.2) is 31.9 Å². The molecule has 6 nitrogen and oxygen atoms in total. The number of fused-ring (bicyclic) bond motifs is 1. The molecule has 1 aromatic carbocycles. The molecule has 0 fully saturated rings. The van der Waals surface area contributed by atoms with Gasteiger partial charge in [0.15, 0.2) is 11.5 Å². The first-order chi connectivity index (χ1) is 9.61. The Morgan fingerprint density at radius 3 is 2.75 bits per heavy atom. The van der Waals surface area contributed by atoms with E-state index in [4.69, 9.17) is 4.74 Å². The van der Waals surface area contributed by atoms with Crippen molar-refractivity contribution in [2.24, 2.45) is 7.05 Å². The number of phenols is 2. The standard InChI is InChI=1S/C14H13N3O3/c1-17-10-7-15-4-3-9(10)16-14(17)8-5-11(18)13(19)12(6-8)20-2/h3-7,18-19H,1-2H3. The molecule has 0 amide bonds. The molecule has 0 saturated heterocycles. The molecule has 0 unspecified atom stereocenters. The lowest BCUT2D eigenvalue weighted by molar-refractivity contribution is 0.351. The molecule has 3 aromatic rings. The zero-order chi connectivity index (χ0) is 14.3. The Balaban J connectivity index is 2.25. The highest BCUT2D eigenvalue weighted by atomic mass is 16.5. The predicted molar refractivity (Wildman–Crippen MR) is 73.8 cm³/mol. The maximum atomic E-state index is 9.76. The molecule has 3 rings (SSSR count). The van der Waals surface area contributed by atoms with E-state index >= 15 is 0 Å². The first-order valence-corrected chi connectivity index (χ1v) is 5.98. The van der Waals surface area contributed by atoms with Crippen molar-refractivity contribution in [3.63, 3.8) is 0 Å². The van der Waals surface area contributed by atoms with Gasteiger partial charge >= 0.3 is 0 Å². The fourth-order valence-electron chi connectivity index (χ4n) is 2.17. The van der Waals surface area contributed by atoms with Crippen LogP contribution >= 0.6 is 0 Å². The van der Waals surface area contributed by atoms with E-state index in [0.717, 1.165) is 11.0 Å². The lowest BCUT2D eigenvalue weighted by Gasteiger charge is -2.08. The van der Waals surface area contributed by atoms with Crippen LogP contribution in [-0.2, 0) is 7.05 Å². The highest BCUT2D eigenvalue weighted by molar-refractivity contribution is 5.80. The van der Waals surface area contributed by atoms with Gasteiger partial charge in [0.2, 0.25) is 5.75 Å². The summed E-state index contributed by atoms with van der Waals surface area (Å²) in [4.78, 5) is 8.57. The molecule has 0 spiro atoms. The molecule has 2 aromatic heterocycles. The third-order valence-corrected chi connectivity index (χ3v) is 3.22. The summed E-state index contributed by atoms with van der Waals surface area (Å²) in [5, 5.41) is 19.4. The van der Waals surface area contributed by atoms with E-state index in [1.54, 1.807) is 18.5 Å². The fraction of sp³-hybridized carbons (Fsp3) is 0.143. The van der Waals surface area contributed by atoms with Crippen LogP contribution in [0.5, 0.6) is 17.2 Å². The van der Waals surface area contributed by atoms with Crippen molar-refractivity contribution in [3.8, 4) is 28.6 Å². The maximum absolute atomic E-state index is 9.76. The Bertz CT molecular complexity index is 796. The Labute approximate surface area is 114 Å². The van der Waals surface area contributed by atoms with Crippen LogP contribution < -0.4 is 4.74 Å². The van der Waals surface area contributed by atoms with Crippen LogP contribution in [0.1, 0.15) is 0 Å². The number of methoxy groups -OCH3 is 1. The van der Waals surface area contributed by atoms with E-state index in [9.17, 15) is 10.2 Å². The molecule has 0 atom stereocenters. The second-order valence-corrected chi connectivity index (χ2v) is 4.41. The van der Waals surface area contributed by atoms with E-state index in [2.05, 4.69) is 9.97 Å². The van der Waals surface area contributed by atoms with Crippen LogP contribution in [0.15, 0.2) is 30.6 Å². The minimum Gasteiger partial charge on any atom is -0.504 e. The number of hydrogen-bond acceptors (Lipinski definition) is 5. The van der Waals surface area contributed by atoms with Gasteiger partial charge in [0, 0.05) is 18.8 Å². The summed E-state index contributed by atoms with van der Waals surface area (Å²) in [5.41, 5.74) is 2.34. The summed E-state index contributed by atoms with van der Waals surface area (Å²) in [5.74, 6) is 0.327. The largest absolute Gasteiger partial charge is 0.504 e. The van der Waals surface area contributed by atoms with E-state index in [1.165, 1.54) is 13.2 Å². The lowest BCUT2D eigenvalue weighted by Crippen LogP contribution is -1.94. The zero-order valence-corrected chi connectivity index (χ0v) is 11.0. The minimum absolute atomic E-state index is 0.199. The van der Waals surface area contributed by atoms with Gasteiger partial charge in [-0.1, -0.05) is 0 Å². The van der Waals surface area contributed by atoms with E-state index < -0.39 is 0 Å². The van der Waals surface area contributed by atoms with Crippen LogP contribution in [0.2, 0.25) is 0 Å². The molecule has 20 heavy (non-hydrogen) atoms. The summed E-state index contributed by atoms with van der Waals surface area (Å²) >= 11 is 0. The number of aryl methyl sites for hydroxylation is 1. The topological polar surface area (TPSA) is 80.4 Å². The Hall–Kier alpha value is -2.76. The molecule has 0 bridgehead atoms. The maximum Gasteiger partial charge on any atom is 0.200 e. The molecule has 0 saturated carbocycles. The number of imidazole rings is 1. The quantitative estimate of drug-likeness (QED) is 0.697. The Morgan fingerprint density at radius 2 is 2.05 bits per heavy atom. The molecule has 2 heterocycles. The monoisotopic (exact) mass is 271 g/mol. The molecule has 0 radical (unpaired) electrons. The number of benzene rings is 1. The number of hydrogen-bond donors (Lipinski definition) is 2. The average molecular weight is 271 g/mol. The second kappa shape index (κ2) is 4.41. The first kappa shape index (κ1) is 12.3. The summed E-state index contributed by atoms with van der Waals surface area (Å²) < 4.78 is 6.91. The van der Waals surface area contributed by atoms with Crippen LogP contribution in [0.4, 0.5) is 0 Å². The van der Waals surface area contributed by atoms with Crippen molar-refractivity contribution >= 4 is 11.0 Å². The van der Waals surface area contributed by atoms with Crippen LogP contribution in [0.3, 0.4) is 0 Å². The van der Waals surface area contributed by atoms with Gasteiger partial charge in [0.05, 0.1) is 24.3 Å². The van der Waals surface area contributed by atoms with Crippen molar-refractivity contribution in [1.82, 2.24) is 14.5 Å². The third kappa shape index (κ3) is 1.73. The van der Waals surface area contributed by atoms with Crippen molar-refractivity contribution < 1.29 is 14.9 Å². The minimum atomic E-state index is -0.281. The highest BCUT2D eigenvalue weighted by Gasteiger charge is 2.15. The van der Waals surface area contributed by atoms with Gasteiger partial charge in [-0.15, -0.1) is 0 Å². The fourth-order valence-corrected chi connectivity index (χ4v) is 2.17. The van der Waals surface area contributed by atoms with Crippen LogP contribution in [0, 0.1) is 0 Å². The smallest absolute Gasteiger partial charge is 0.200 e. The van der Waals surface area contributed by atoms with Gasteiger partial charge in [0.25, 0.3) is 0 Å². The van der Waals surface area contributed by atoms with Gasteiger partial charge in [-0.3, -0.25) is 4.98 Å². The Morgan fingerprint density at radius 1 is 1.25 bits per heavy atom. The Kier molecular flexibility index (Phi) is 2.71. The molecule has 102 valence electrons. The predicted octanol–water partition coefficient (Wildman–Crippen LogP) is 2.06. The van der Waals surface area contributed by atoms with Gasteiger partial charge in [0.1, 0.15) is 5.82 Å². The van der Waals surface area contributed by atoms with Gasteiger partial charge in [-0.2, -0.15) is 0 Å². The van der Waals surface area contributed by atoms with Gasteiger partial charge in [-0.05, 0) is 18.2 Å².